The molecule has 0 atom stereocenters. The summed E-state index contributed by atoms with van der Waals surface area (Å²) in [5, 5.41) is 3.78. The van der Waals surface area contributed by atoms with Gasteiger partial charge in [0.2, 0.25) is 0 Å². The van der Waals surface area contributed by atoms with Crippen LogP contribution < -0.4 is 11.1 Å². The second-order valence-corrected chi connectivity index (χ2v) is 6.07. The number of nitrogens with two attached hydrogens (primary N) is 1. The van der Waals surface area contributed by atoms with Crippen molar-refractivity contribution in [3.63, 3.8) is 0 Å². The number of aromatic nitrogens is 1. The van der Waals surface area contributed by atoms with Gasteiger partial charge in [0.15, 0.2) is 0 Å². The van der Waals surface area contributed by atoms with E-state index in [1.165, 1.54) is 0 Å². The van der Waals surface area contributed by atoms with Gasteiger partial charge in [0.05, 0.1) is 31.0 Å². The number of methoxy groups -OCH3 is 1. The van der Waals surface area contributed by atoms with Gasteiger partial charge in [-0.3, -0.25) is 4.79 Å². The van der Waals surface area contributed by atoms with E-state index in [1.54, 1.807) is 19.2 Å². The van der Waals surface area contributed by atoms with Crippen molar-refractivity contribution in [2.45, 2.75) is 26.7 Å². The number of carbonyl (C=O) groups is 1. The number of pyridine rings is 1. The number of ether oxygens (including phenoxy) is 2. The fourth-order valence-corrected chi connectivity index (χ4v) is 2.74. The maximum Gasteiger partial charge on any atom is 0.255 e. The van der Waals surface area contributed by atoms with Gasteiger partial charge in [-0.2, -0.15) is 0 Å². The summed E-state index contributed by atoms with van der Waals surface area (Å²) in [6.45, 7) is 3.80. The van der Waals surface area contributed by atoms with Crippen molar-refractivity contribution < 1.29 is 18.7 Å². The van der Waals surface area contributed by atoms with E-state index in [0.29, 0.717) is 36.8 Å². The molecule has 27 heavy (non-hydrogen) atoms. The molecule has 0 bridgehead atoms. The predicted octanol–water partition coefficient (Wildman–Crippen LogP) is 3.02. The van der Waals surface area contributed by atoms with Crippen LogP contribution in [-0.4, -0.2) is 24.6 Å². The standard InChI is InChI=1S/C20H23N3O4/c1-3-26-11-13-4-7-18-14(8-13)9-16(27-18)10-22-20(24)17-6-5-15(12-25-2)23-19(17)21/h4-9H,3,10-12H2,1-2H3,(H2,21,23)(H,22,24). The fraction of sp³-hybridized carbons (Fsp3) is 0.300. The van der Waals surface area contributed by atoms with E-state index < -0.39 is 0 Å². The summed E-state index contributed by atoms with van der Waals surface area (Å²) in [6.07, 6.45) is 0. The summed E-state index contributed by atoms with van der Waals surface area (Å²) in [4.78, 5) is 16.5. The van der Waals surface area contributed by atoms with Crippen molar-refractivity contribution in [1.29, 1.82) is 0 Å². The van der Waals surface area contributed by atoms with Gasteiger partial charge in [-0.15, -0.1) is 0 Å². The van der Waals surface area contributed by atoms with E-state index in [0.717, 1.165) is 16.5 Å². The molecule has 2 aromatic heterocycles. The second kappa shape index (κ2) is 8.66. The molecule has 7 nitrogen and oxygen atoms in total. The van der Waals surface area contributed by atoms with Gasteiger partial charge in [-0.1, -0.05) is 6.07 Å². The Labute approximate surface area is 157 Å². The first-order chi connectivity index (χ1) is 13.1. The van der Waals surface area contributed by atoms with Gasteiger partial charge >= 0.3 is 0 Å². The normalized spacial score (nSPS) is 11.0. The smallest absolute Gasteiger partial charge is 0.255 e. The first-order valence-corrected chi connectivity index (χ1v) is 8.72. The Morgan fingerprint density at radius 2 is 2.07 bits per heavy atom. The molecule has 0 aliphatic carbocycles. The highest BCUT2D eigenvalue weighted by Gasteiger charge is 2.13. The summed E-state index contributed by atoms with van der Waals surface area (Å²) in [5.74, 6) is 0.531. The number of furan rings is 1. The average Bonchev–Trinajstić information content (AvgIpc) is 3.07. The number of hydrogen-bond acceptors (Lipinski definition) is 6. The highest BCUT2D eigenvalue weighted by molar-refractivity contribution is 5.98. The van der Waals surface area contributed by atoms with Gasteiger partial charge in [0, 0.05) is 19.1 Å². The maximum atomic E-state index is 12.4. The van der Waals surface area contributed by atoms with Gasteiger partial charge in [-0.05, 0) is 42.8 Å². The zero-order valence-electron chi connectivity index (χ0n) is 15.5. The van der Waals surface area contributed by atoms with E-state index in [1.807, 2.05) is 31.2 Å². The van der Waals surface area contributed by atoms with E-state index >= 15 is 0 Å². The Hall–Kier alpha value is -2.90. The molecular formula is C20H23N3O4. The van der Waals surface area contributed by atoms with Crippen LogP contribution in [0.3, 0.4) is 0 Å². The first kappa shape index (κ1) is 18.9. The second-order valence-electron chi connectivity index (χ2n) is 6.07. The predicted molar refractivity (Wildman–Crippen MR) is 102 cm³/mol. The lowest BCUT2D eigenvalue weighted by Crippen LogP contribution is -2.24. The number of nitrogens with one attached hydrogen (secondary N) is 1. The number of hydrogen-bond donors (Lipinski definition) is 2. The lowest BCUT2D eigenvalue weighted by Gasteiger charge is -2.07. The molecule has 142 valence electrons. The first-order valence-electron chi connectivity index (χ1n) is 8.72. The number of rotatable bonds is 8. The molecule has 0 saturated carbocycles. The zero-order chi connectivity index (χ0) is 19.2. The van der Waals surface area contributed by atoms with Crippen molar-refractivity contribution in [1.82, 2.24) is 10.3 Å². The zero-order valence-corrected chi connectivity index (χ0v) is 15.5. The van der Waals surface area contributed by atoms with Crippen molar-refractivity contribution in [2.75, 3.05) is 19.5 Å². The largest absolute Gasteiger partial charge is 0.459 e. The van der Waals surface area contributed by atoms with E-state index in [2.05, 4.69) is 10.3 Å². The molecule has 0 saturated heterocycles. The van der Waals surface area contributed by atoms with Gasteiger partial charge in [-0.25, -0.2) is 4.98 Å². The van der Waals surface area contributed by atoms with Crippen molar-refractivity contribution in [3.8, 4) is 0 Å². The van der Waals surface area contributed by atoms with Crippen LogP contribution in [0.5, 0.6) is 0 Å². The quantitative estimate of drug-likeness (QED) is 0.633. The number of benzene rings is 1. The number of fused-ring (bicyclic) bond motifs is 1. The molecule has 3 aromatic rings. The number of nitrogens with zero attached hydrogens (tertiary/aromatic N) is 1. The van der Waals surface area contributed by atoms with Crippen LogP contribution in [0.4, 0.5) is 5.82 Å². The van der Waals surface area contributed by atoms with Crippen LogP contribution in [0.2, 0.25) is 0 Å². The van der Waals surface area contributed by atoms with Crippen molar-refractivity contribution in [2.24, 2.45) is 0 Å². The molecule has 2 heterocycles. The van der Waals surface area contributed by atoms with Crippen LogP contribution in [0.1, 0.15) is 34.3 Å². The summed E-state index contributed by atoms with van der Waals surface area (Å²) >= 11 is 0. The molecule has 0 aliphatic rings. The molecule has 0 fully saturated rings. The van der Waals surface area contributed by atoms with Crippen LogP contribution in [0.25, 0.3) is 11.0 Å². The summed E-state index contributed by atoms with van der Waals surface area (Å²) in [7, 11) is 1.58. The highest BCUT2D eigenvalue weighted by atomic mass is 16.5. The minimum absolute atomic E-state index is 0.173. The third kappa shape index (κ3) is 4.64. The molecular weight excluding hydrogens is 346 g/mol. The monoisotopic (exact) mass is 369 g/mol. The molecule has 1 amide bonds. The third-order valence-corrected chi connectivity index (χ3v) is 4.05. The topological polar surface area (TPSA) is 99.6 Å². The van der Waals surface area contributed by atoms with Gasteiger partial charge in [0.25, 0.3) is 5.91 Å². The number of amides is 1. The lowest BCUT2D eigenvalue weighted by molar-refractivity contribution is 0.0948. The molecule has 0 aliphatic heterocycles. The molecule has 0 unspecified atom stereocenters. The van der Waals surface area contributed by atoms with E-state index in [4.69, 9.17) is 19.6 Å². The molecule has 0 spiro atoms. The third-order valence-electron chi connectivity index (χ3n) is 4.05. The molecule has 7 heteroatoms. The Morgan fingerprint density at radius 3 is 2.81 bits per heavy atom. The molecule has 3 N–H and O–H groups in total. The van der Waals surface area contributed by atoms with E-state index in [-0.39, 0.29) is 18.3 Å². The number of anilines is 1. The average molecular weight is 369 g/mol. The fourth-order valence-electron chi connectivity index (χ4n) is 2.74. The van der Waals surface area contributed by atoms with Crippen LogP contribution in [0, 0.1) is 0 Å². The van der Waals surface area contributed by atoms with Crippen molar-refractivity contribution >= 4 is 22.7 Å². The van der Waals surface area contributed by atoms with Gasteiger partial charge < -0.3 is 24.9 Å². The van der Waals surface area contributed by atoms with Crippen LogP contribution >= 0.6 is 0 Å². The molecule has 0 radical (unpaired) electrons. The summed E-state index contributed by atoms with van der Waals surface area (Å²) in [5.41, 5.74) is 8.72. The minimum atomic E-state index is -0.304. The van der Waals surface area contributed by atoms with Crippen molar-refractivity contribution in [3.05, 3.63) is 59.0 Å². The van der Waals surface area contributed by atoms with Crippen LogP contribution in [-0.2, 0) is 29.2 Å². The Balaban J connectivity index is 1.66. The van der Waals surface area contributed by atoms with Crippen LogP contribution in [0.15, 0.2) is 40.8 Å². The number of carbonyl (C=O) groups excluding carboxylic acids is 1. The molecule has 1 aromatic carbocycles. The summed E-state index contributed by atoms with van der Waals surface area (Å²) < 4.78 is 16.2. The SMILES string of the molecule is CCOCc1ccc2oc(CNC(=O)c3ccc(COC)nc3N)cc2c1. The van der Waals surface area contributed by atoms with E-state index in [9.17, 15) is 4.79 Å². The summed E-state index contributed by atoms with van der Waals surface area (Å²) in [6, 6.07) is 11.2. The Kier molecular flexibility index (Phi) is 6.05. The minimum Gasteiger partial charge on any atom is -0.459 e. The maximum absolute atomic E-state index is 12.4. The Bertz CT molecular complexity index is 936. The number of nitrogen functional groups attached to an aromatic ring is 1. The highest BCUT2D eigenvalue weighted by Crippen LogP contribution is 2.21. The van der Waals surface area contributed by atoms with Gasteiger partial charge in [0.1, 0.15) is 17.2 Å². The molecule has 3 rings (SSSR count). The Morgan fingerprint density at radius 1 is 1.22 bits per heavy atom. The lowest BCUT2D eigenvalue weighted by atomic mass is 10.1.